The van der Waals surface area contributed by atoms with Gasteiger partial charge in [0.1, 0.15) is 0 Å². The van der Waals surface area contributed by atoms with Crippen LogP contribution in [0.25, 0.3) is 0 Å². The molecule has 1 N–H and O–H groups in total. The Labute approximate surface area is 121 Å². The zero-order chi connectivity index (χ0) is 14.5. The third-order valence-electron chi connectivity index (χ3n) is 4.11. The summed E-state index contributed by atoms with van der Waals surface area (Å²) in [6.45, 7) is 6.61. The highest BCUT2D eigenvalue weighted by Crippen LogP contribution is 2.27. The van der Waals surface area contributed by atoms with Gasteiger partial charge in [0.25, 0.3) is 0 Å². The van der Waals surface area contributed by atoms with E-state index >= 15 is 0 Å². The minimum Gasteiger partial charge on any atom is -0.462 e. The lowest BCUT2D eigenvalue weighted by Crippen LogP contribution is -2.25. The van der Waals surface area contributed by atoms with Gasteiger partial charge in [-0.05, 0) is 69.2 Å². The van der Waals surface area contributed by atoms with Crippen molar-refractivity contribution in [3.63, 3.8) is 0 Å². The van der Waals surface area contributed by atoms with Crippen LogP contribution < -0.4 is 5.32 Å². The molecule has 0 atom stereocenters. The quantitative estimate of drug-likeness (QED) is 0.838. The van der Waals surface area contributed by atoms with Crippen molar-refractivity contribution >= 4 is 11.7 Å². The number of ether oxygens (including phenoxy) is 1. The third-order valence-corrected chi connectivity index (χ3v) is 4.11. The molecule has 0 spiro atoms. The van der Waals surface area contributed by atoms with E-state index in [2.05, 4.69) is 12.2 Å². The second-order valence-electron chi connectivity index (χ2n) is 5.85. The SMILES string of the molecule is CCOC(=O)c1ccc(NC2CCC(C)CC2)c(C)c1. The first kappa shape index (κ1) is 14.9. The zero-order valence-electron chi connectivity index (χ0n) is 12.7. The molecule has 0 aromatic heterocycles. The predicted molar refractivity (Wildman–Crippen MR) is 82.2 cm³/mol. The van der Waals surface area contributed by atoms with Gasteiger partial charge in [0, 0.05) is 11.7 Å². The van der Waals surface area contributed by atoms with Gasteiger partial charge in [0.05, 0.1) is 12.2 Å². The maximum Gasteiger partial charge on any atom is 0.338 e. The van der Waals surface area contributed by atoms with Gasteiger partial charge in [-0.2, -0.15) is 0 Å². The van der Waals surface area contributed by atoms with E-state index in [0.29, 0.717) is 18.2 Å². The third kappa shape index (κ3) is 3.75. The number of rotatable bonds is 4. The molecule has 3 heteroatoms. The Morgan fingerprint density at radius 1 is 1.30 bits per heavy atom. The molecule has 1 fully saturated rings. The number of carbonyl (C=O) groups excluding carboxylic acids is 1. The number of esters is 1. The number of hydrogen-bond acceptors (Lipinski definition) is 3. The normalized spacial score (nSPS) is 22.4. The Morgan fingerprint density at radius 3 is 2.60 bits per heavy atom. The van der Waals surface area contributed by atoms with Gasteiger partial charge < -0.3 is 10.1 Å². The molecule has 0 bridgehead atoms. The molecule has 1 aliphatic rings. The fourth-order valence-corrected chi connectivity index (χ4v) is 2.79. The first-order valence-electron chi connectivity index (χ1n) is 7.64. The molecule has 20 heavy (non-hydrogen) atoms. The molecule has 1 aromatic carbocycles. The van der Waals surface area contributed by atoms with E-state index in [4.69, 9.17) is 4.74 Å². The van der Waals surface area contributed by atoms with Crippen LogP contribution in [0.3, 0.4) is 0 Å². The fraction of sp³-hybridized carbons (Fsp3) is 0.588. The summed E-state index contributed by atoms with van der Waals surface area (Å²) in [5, 5.41) is 3.62. The number of nitrogens with one attached hydrogen (secondary N) is 1. The summed E-state index contributed by atoms with van der Waals surface area (Å²) < 4.78 is 5.03. The molecular formula is C17H25NO2. The fourth-order valence-electron chi connectivity index (χ4n) is 2.79. The van der Waals surface area contributed by atoms with Crippen LogP contribution in [0.1, 0.15) is 55.5 Å². The molecule has 110 valence electrons. The number of anilines is 1. The summed E-state index contributed by atoms with van der Waals surface area (Å²) in [7, 11) is 0. The van der Waals surface area contributed by atoms with Gasteiger partial charge in [-0.3, -0.25) is 0 Å². The van der Waals surface area contributed by atoms with Gasteiger partial charge in [0.2, 0.25) is 0 Å². The van der Waals surface area contributed by atoms with E-state index in [-0.39, 0.29) is 5.97 Å². The van der Waals surface area contributed by atoms with Gasteiger partial charge >= 0.3 is 5.97 Å². The lowest BCUT2D eigenvalue weighted by Gasteiger charge is -2.28. The maximum absolute atomic E-state index is 11.7. The van der Waals surface area contributed by atoms with Crippen molar-refractivity contribution in [2.75, 3.05) is 11.9 Å². The summed E-state index contributed by atoms with van der Waals surface area (Å²) >= 11 is 0. The molecule has 3 nitrogen and oxygen atoms in total. The Bertz CT molecular complexity index is 462. The largest absolute Gasteiger partial charge is 0.462 e. The smallest absolute Gasteiger partial charge is 0.338 e. The van der Waals surface area contributed by atoms with Crippen molar-refractivity contribution < 1.29 is 9.53 Å². The summed E-state index contributed by atoms with van der Waals surface area (Å²) in [5.74, 6) is 0.619. The molecule has 0 radical (unpaired) electrons. The monoisotopic (exact) mass is 275 g/mol. The molecule has 0 saturated heterocycles. The molecule has 0 amide bonds. The van der Waals surface area contributed by atoms with E-state index in [1.165, 1.54) is 25.7 Å². The molecule has 1 saturated carbocycles. The highest BCUT2D eigenvalue weighted by atomic mass is 16.5. The standard InChI is InChI=1S/C17H25NO2/c1-4-20-17(19)14-7-10-16(13(3)11-14)18-15-8-5-12(2)6-9-15/h7,10-12,15,18H,4-6,8-9H2,1-3H3. The van der Waals surface area contributed by atoms with Gasteiger partial charge in [-0.25, -0.2) is 4.79 Å². The average Bonchev–Trinajstić information content (AvgIpc) is 2.43. The van der Waals surface area contributed by atoms with Gasteiger partial charge in [0.15, 0.2) is 0 Å². The van der Waals surface area contributed by atoms with Crippen LogP contribution in [0.4, 0.5) is 5.69 Å². The predicted octanol–water partition coefficient (Wildman–Crippen LogP) is 4.16. The summed E-state index contributed by atoms with van der Waals surface area (Å²) in [4.78, 5) is 11.7. The Hall–Kier alpha value is -1.51. The van der Waals surface area contributed by atoms with Gasteiger partial charge in [-0.15, -0.1) is 0 Å². The van der Waals surface area contributed by atoms with Crippen molar-refractivity contribution in [3.05, 3.63) is 29.3 Å². The maximum atomic E-state index is 11.7. The van der Waals surface area contributed by atoms with E-state index in [0.717, 1.165) is 17.2 Å². The van der Waals surface area contributed by atoms with Crippen molar-refractivity contribution in [1.29, 1.82) is 0 Å². The topological polar surface area (TPSA) is 38.3 Å². The van der Waals surface area contributed by atoms with Gasteiger partial charge in [-0.1, -0.05) is 6.92 Å². The van der Waals surface area contributed by atoms with E-state index < -0.39 is 0 Å². The van der Waals surface area contributed by atoms with Crippen LogP contribution in [0.5, 0.6) is 0 Å². The Morgan fingerprint density at radius 2 is 2.00 bits per heavy atom. The van der Waals surface area contributed by atoms with Crippen molar-refractivity contribution in [2.45, 2.75) is 52.5 Å². The lowest BCUT2D eigenvalue weighted by atomic mass is 9.87. The lowest BCUT2D eigenvalue weighted by molar-refractivity contribution is 0.0526. The first-order chi connectivity index (χ1) is 9.60. The second-order valence-corrected chi connectivity index (χ2v) is 5.85. The highest BCUT2D eigenvalue weighted by Gasteiger charge is 2.18. The minimum absolute atomic E-state index is 0.242. The van der Waals surface area contributed by atoms with Crippen LogP contribution in [-0.2, 0) is 4.74 Å². The number of benzene rings is 1. The molecule has 2 rings (SSSR count). The van der Waals surface area contributed by atoms with Crippen LogP contribution in [0.2, 0.25) is 0 Å². The summed E-state index contributed by atoms with van der Waals surface area (Å²) in [6.07, 6.45) is 5.08. The second kappa shape index (κ2) is 6.78. The Balaban J connectivity index is 2.00. The summed E-state index contributed by atoms with van der Waals surface area (Å²) in [6, 6.07) is 6.32. The molecule has 1 aliphatic carbocycles. The minimum atomic E-state index is -0.242. The number of carbonyl (C=O) groups is 1. The van der Waals surface area contributed by atoms with Crippen molar-refractivity contribution in [3.8, 4) is 0 Å². The molecule has 0 heterocycles. The van der Waals surface area contributed by atoms with Crippen LogP contribution >= 0.6 is 0 Å². The van der Waals surface area contributed by atoms with Crippen molar-refractivity contribution in [2.24, 2.45) is 5.92 Å². The highest BCUT2D eigenvalue weighted by molar-refractivity contribution is 5.90. The molecule has 1 aromatic rings. The summed E-state index contributed by atoms with van der Waals surface area (Å²) in [5.41, 5.74) is 2.87. The molecular weight excluding hydrogens is 250 g/mol. The number of aryl methyl sites for hydroxylation is 1. The van der Waals surface area contributed by atoms with Crippen LogP contribution in [0.15, 0.2) is 18.2 Å². The first-order valence-corrected chi connectivity index (χ1v) is 7.64. The average molecular weight is 275 g/mol. The van der Waals surface area contributed by atoms with E-state index in [1.807, 2.05) is 32.0 Å². The number of hydrogen-bond donors (Lipinski definition) is 1. The molecule has 0 unspecified atom stereocenters. The zero-order valence-corrected chi connectivity index (χ0v) is 12.7. The van der Waals surface area contributed by atoms with E-state index in [1.54, 1.807) is 0 Å². The van der Waals surface area contributed by atoms with Crippen molar-refractivity contribution in [1.82, 2.24) is 0 Å². The van der Waals surface area contributed by atoms with Crippen LogP contribution in [-0.4, -0.2) is 18.6 Å². The van der Waals surface area contributed by atoms with Crippen LogP contribution in [0, 0.1) is 12.8 Å². The van der Waals surface area contributed by atoms with E-state index in [9.17, 15) is 4.79 Å². The Kier molecular flexibility index (Phi) is 5.05. The molecule has 0 aliphatic heterocycles.